The molecule has 0 spiro atoms. The molecule has 0 fully saturated rings. The van der Waals surface area contributed by atoms with Crippen LogP contribution < -0.4 is 10.6 Å². The monoisotopic (exact) mass is 595 g/mol. The lowest BCUT2D eigenvalue weighted by Crippen LogP contribution is -2.54. The first-order valence-corrected chi connectivity index (χ1v) is 15.8. The fourth-order valence-electron chi connectivity index (χ4n) is 5.06. The number of aromatic hydroxyl groups is 1. The maximum Gasteiger partial charge on any atom is 0.408 e. The topological polar surface area (TPSA) is 108 Å². The molecule has 0 saturated heterocycles. The lowest BCUT2D eigenvalue weighted by molar-refractivity contribution is -0.142. The van der Waals surface area contributed by atoms with Crippen LogP contribution in [-0.4, -0.2) is 52.6 Å². The van der Waals surface area contributed by atoms with Crippen molar-refractivity contribution in [2.75, 3.05) is 13.1 Å². The highest BCUT2D eigenvalue weighted by atomic mass is 16.6. The van der Waals surface area contributed by atoms with E-state index in [4.69, 9.17) is 4.74 Å². The number of aryl methyl sites for hydroxylation is 2. The second kappa shape index (κ2) is 17.5. The molecule has 0 heterocycles. The predicted octanol–water partition coefficient (Wildman–Crippen LogP) is 6.90. The molecule has 0 aliphatic heterocycles. The maximum atomic E-state index is 14.6. The van der Waals surface area contributed by atoms with Crippen molar-refractivity contribution in [2.45, 2.75) is 118 Å². The zero-order valence-electron chi connectivity index (χ0n) is 27.3. The van der Waals surface area contributed by atoms with Gasteiger partial charge in [0.1, 0.15) is 23.4 Å². The summed E-state index contributed by atoms with van der Waals surface area (Å²) in [6.45, 7) is 14.4. The van der Waals surface area contributed by atoms with Crippen molar-refractivity contribution in [1.29, 1.82) is 0 Å². The van der Waals surface area contributed by atoms with Gasteiger partial charge < -0.3 is 25.4 Å². The third-order valence-electron chi connectivity index (χ3n) is 7.26. The van der Waals surface area contributed by atoms with Gasteiger partial charge in [0.05, 0.1) is 0 Å². The van der Waals surface area contributed by atoms with E-state index in [1.807, 2.05) is 32.0 Å². The third kappa shape index (κ3) is 12.3. The molecule has 2 unspecified atom stereocenters. The summed E-state index contributed by atoms with van der Waals surface area (Å²) < 4.78 is 5.53. The van der Waals surface area contributed by atoms with E-state index in [0.29, 0.717) is 13.1 Å². The Labute approximate surface area is 258 Å². The van der Waals surface area contributed by atoms with Gasteiger partial charge in [-0.1, -0.05) is 81.8 Å². The van der Waals surface area contributed by atoms with Gasteiger partial charge in [-0.15, -0.1) is 0 Å². The van der Waals surface area contributed by atoms with E-state index in [1.54, 1.807) is 49.9 Å². The average Bonchev–Trinajstić information content (AvgIpc) is 2.93. The molecule has 0 bridgehead atoms. The zero-order valence-corrected chi connectivity index (χ0v) is 27.3. The van der Waals surface area contributed by atoms with Gasteiger partial charge in [0, 0.05) is 19.5 Å². The standard InChI is InChI=1S/C35H53N3O5/c1-8-10-12-14-22-38(31(32(40)36-21-13-11-9-2)29-20-15-25(3)23-26(29)4)33(41)30(37-34(42)43-35(5,6)7)24-27-16-18-28(39)19-17-27/h15-20,23,30-31,39H,8-14,21-22,24H2,1-7H3,(H,36,40)(H,37,42). The van der Waals surface area contributed by atoms with Crippen molar-refractivity contribution in [2.24, 2.45) is 0 Å². The van der Waals surface area contributed by atoms with E-state index in [0.717, 1.165) is 67.2 Å². The molecule has 43 heavy (non-hydrogen) atoms. The van der Waals surface area contributed by atoms with Crippen molar-refractivity contribution in [3.63, 3.8) is 0 Å². The second-order valence-corrected chi connectivity index (χ2v) is 12.4. The van der Waals surface area contributed by atoms with Gasteiger partial charge in [-0.3, -0.25) is 9.59 Å². The number of alkyl carbamates (subject to hydrolysis) is 1. The van der Waals surface area contributed by atoms with Crippen LogP contribution in [0.1, 0.15) is 108 Å². The van der Waals surface area contributed by atoms with E-state index in [9.17, 15) is 19.5 Å². The van der Waals surface area contributed by atoms with Gasteiger partial charge in [-0.25, -0.2) is 4.79 Å². The fourth-order valence-corrected chi connectivity index (χ4v) is 5.06. The van der Waals surface area contributed by atoms with E-state index < -0.39 is 23.8 Å². The van der Waals surface area contributed by atoms with Gasteiger partial charge in [-0.05, 0) is 76.3 Å². The number of nitrogens with one attached hydrogen (secondary N) is 2. The van der Waals surface area contributed by atoms with Crippen molar-refractivity contribution in [1.82, 2.24) is 15.5 Å². The molecular weight excluding hydrogens is 542 g/mol. The van der Waals surface area contributed by atoms with Crippen LogP contribution in [0.3, 0.4) is 0 Å². The highest BCUT2D eigenvalue weighted by Crippen LogP contribution is 2.28. The Morgan fingerprint density at radius 1 is 0.907 bits per heavy atom. The molecule has 2 atom stereocenters. The van der Waals surface area contributed by atoms with Gasteiger partial charge in [0.2, 0.25) is 11.8 Å². The summed E-state index contributed by atoms with van der Waals surface area (Å²) in [6.07, 6.45) is 6.06. The fraction of sp³-hybridized carbons (Fsp3) is 0.571. The van der Waals surface area contributed by atoms with Gasteiger partial charge in [-0.2, -0.15) is 0 Å². The number of hydrogen-bond donors (Lipinski definition) is 3. The Hall–Kier alpha value is -3.55. The molecule has 0 saturated carbocycles. The van der Waals surface area contributed by atoms with E-state index in [-0.39, 0.29) is 24.0 Å². The molecule has 0 radical (unpaired) electrons. The third-order valence-corrected chi connectivity index (χ3v) is 7.26. The molecule has 0 aliphatic rings. The normalized spacial score (nSPS) is 12.7. The lowest BCUT2D eigenvalue weighted by Gasteiger charge is -2.35. The Morgan fingerprint density at radius 2 is 1.56 bits per heavy atom. The Morgan fingerprint density at radius 3 is 2.16 bits per heavy atom. The molecule has 0 aromatic heterocycles. The van der Waals surface area contributed by atoms with E-state index in [2.05, 4.69) is 24.5 Å². The number of hydrogen-bond acceptors (Lipinski definition) is 5. The molecule has 238 valence electrons. The van der Waals surface area contributed by atoms with Crippen LogP contribution in [0.25, 0.3) is 0 Å². The van der Waals surface area contributed by atoms with Crippen LogP contribution >= 0.6 is 0 Å². The minimum Gasteiger partial charge on any atom is -0.508 e. The van der Waals surface area contributed by atoms with Crippen LogP contribution in [0.2, 0.25) is 0 Å². The number of ether oxygens (including phenoxy) is 1. The molecule has 3 N–H and O–H groups in total. The van der Waals surface area contributed by atoms with Crippen LogP contribution in [0, 0.1) is 13.8 Å². The summed E-state index contributed by atoms with van der Waals surface area (Å²) in [4.78, 5) is 43.2. The Kier molecular flexibility index (Phi) is 14.5. The summed E-state index contributed by atoms with van der Waals surface area (Å²) in [6, 6.07) is 10.6. The number of carbonyl (C=O) groups excluding carboxylic acids is 3. The molecule has 0 aliphatic carbocycles. The molecular formula is C35H53N3O5. The minimum atomic E-state index is -0.994. The summed E-state index contributed by atoms with van der Waals surface area (Å²) in [5, 5.41) is 15.7. The number of carbonyl (C=O) groups is 3. The molecule has 2 aromatic carbocycles. The first kappa shape index (κ1) is 35.6. The van der Waals surface area contributed by atoms with Gasteiger partial charge in [0.15, 0.2) is 0 Å². The number of rotatable bonds is 16. The van der Waals surface area contributed by atoms with Crippen LogP contribution in [0.4, 0.5) is 4.79 Å². The summed E-state index contributed by atoms with van der Waals surface area (Å²) >= 11 is 0. The molecule has 2 aromatic rings. The highest BCUT2D eigenvalue weighted by Gasteiger charge is 2.36. The van der Waals surface area contributed by atoms with Crippen molar-refractivity contribution >= 4 is 17.9 Å². The van der Waals surface area contributed by atoms with Crippen LogP contribution in [0.5, 0.6) is 5.75 Å². The maximum absolute atomic E-state index is 14.6. The first-order chi connectivity index (χ1) is 20.4. The van der Waals surface area contributed by atoms with Crippen molar-refractivity contribution in [3.8, 4) is 5.75 Å². The molecule has 3 amide bonds. The van der Waals surface area contributed by atoms with Crippen molar-refractivity contribution < 1.29 is 24.2 Å². The largest absolute Gasteiger partial charge is 0.508 e. The average molecular weight is 596 g/mol. The molecule has 8 nitrogen and oxygen atoms in total. The molecule has 2 rings (SSSR count). The Bertz CT molecular complexity index is 1170. The number of benzene rings is 2. The first-order valence-electron chi connectivity index (χ1n) is 15.8. The van der Waals surface area contributed by atoms with E-state index >= 15 is 0 Å². The number of unbranched alkanes of at least 4 members (excludes halogenated alkanes) is 5. The lowest BCUT2D eigenvalue weighted by atomic mass is 9.95. The van der Waals surface area contributed by atoms with Crippen LogP contribution in [-0.2, 0) is 20.7 Å². The second-order valence-electron chi connectivity index (χ2n) is 12.4. The summed E-state index contributed by atoms with van der Waals surface area (Å²) in [7, 11) is 0. The minimum absolute atomic E-state index is 0.110. The van der Waals surface area contributed by atoms with Gasteiger partial charge >= 0.3 is 6.09 Å². The summed E-state index contributed by atoms with van der Waals surface area (Å²) in [5.41, 5.74) is 2.76. The van der Waals surface area contributed by atoms with Crippen molar-refractivity contribution in [3.05, 3.63) is 64.7 Å². The zero-order chi connectivity index (χ0) is 32.0. The molecule has 8 heteroatoms. The number of amides is 3. The number of nitrogens with zero attached hydrogens (tertiary/aromatic N) is 1. The number of phenols is 1. The smallest absolute Gasteiger partial charge is 0.408 e. The SMILES string of the molecule is CCCCCCN(C(=O)C(Cc1ccc(O)cc1)NC(=O)OC(C)(C)C)C(C(=O)NCCCCC)c1ccc(C)cc1C. The predicted molar refractivity (Wildman–Crippen MR) is 172 cm³/mol. The Balaban J connectivity index is 2.57. The van der Waals surface area contributed by atoms with Gasteiger partial charge in [0.25, 0.3) is 0 Å². The van der Waals surface area contributed by atoms with E-state index in [1.165, 1.54) is 0 Å². The van der Waals surface area contributed by atoms with Crippen LogP contribution in [0.15, 0.2) is 42.5 Å². The highest BCUT2D eigenvalue weighted by molar-refractivity contribution is 5.92. The quantitative estimate of drug-likeness (QED) is 0.183. The summed E-state index contributed by atoms with van der Waals surface area (Å²) in [5.74, 6) is -0.476. The number of phenolic OH excluding ortho intramolecular Hbond substituents is 1.